The number of rotatable bonds is 7. The molecular formula is C13H19ClINO. The van der Waals surface area contributed by atoms with Crippen molar-refractivity contribution in [3.05, 3.63) is 32.4 Å². The van der Waals surface area contributed by atoms with E-state index in [2.05, 4.69) is 53.0 Å². The van der Waals surface area contributed by atoms with Gasteiger partial charge in [0, 0.05) is 23.3 Å². The third kappa shape index (κ3) is 5.12. The van der Waals surface area contributed by atoms with Crippen LogP contribution in [0.3, 0.4) is 0 Å². The summed E-state index contributed by atoms with van der Waals surface area (Å²) >= 11 is 8.41. The molecule has 4 heteroatoms. The molecule has 1 aromatic carbocycles. The van der Waals surface area contributed by atoms with E-state index in [0.717, 1.165) is 34.6 Å². The lowest BCUT2D eigenvalue weighted by Crippen LogP contribution is -2.21. The minimum Gasteiger partial charge on any atom is -0.385 e. The van der Waals surface area contributed by atoms with E-state index < -0.39 is 0 Å². The van der Waals surface area contributed by atoms with Crippen molar-refractivity contribution in [2.75, 3.05) is 20.3 Å². The van der Waals surface area contributed by atoms with Gasteiger partial charge in [-0.25, -0.2) is 0 Å². The monoisotopic (exact) mass is 367 g/mol. The van der Waals surface area contributed by atoms with Crippen LogP contribution in [-0.2, 0) is 4.74 Å². The number of benzene rings is 1. The van der Waals surface area contributed by atoms with Gasteiger partial charge in [0.2, 0.25) is 0 Å². The molecule has 0 aliphatic carbocycles. The molecule has 0 spiro atoms. The number of ether oxygens (including phenoxy) is 1. The van der Waals surface area contributed by atoms with Crippen molar-refractivity contribution in [3.63, 3.8) is 0 Å². The Balaban J connectivity index is 2.70. The normalized spacial score (nSPS) is 12.7. The van der Waals surface area contributed by atoms with Crippen LogP contribution in [0.5, 0.6) is 0 Å². The SMILES string of the molecule is CCNC(CCCOC)c1ccc(I)c(Cl)c1. The molecule has 96 valence electrons. The molecule has 1 N–H and O–H groups in total. The average Bonchev–Trinajstić information content (AvgIpc) is 2.32. The van der Waals surface area contributed by atoms with Gasteiger partial charge in [0.1, 0.15) is 0 Å². The lowest BCUT2D eigenvalue weighted by molar-refractivity contribution is 0.189. The van der Waals surface area contributed by atoms with Crippen LogP contribution in [0.1, 0.15) is 31.4 Å². The summed E-state index contributed by atoms with van der Waals surface area (Å²) in [6.45, 7) is 3.89. The van der Waals surface area contributed by atoms with E-state index >= 15 is 0 Å². The second-order valence-electron chi connectivity index (χ2n) is 3.92. The molecule has 0 amide bonds. The first-order chi connectivity index (χ1) is 8.19. The maximum Gasteiger partial charge on any atom is 0.0542 e. The second kappa shape index (κ2) is 8.29. The Kier molecular flexibility index (Phi) is 7.43. The van der Waals surface area contributed by atoms with Gasteiger partial charge in [-0.2, -0.15) is 0 Å². The zero-order chi connectivity index (χ0) is 12.7. The molecule has 1 unspecified atom stereocenters. The number of halogens is 2. The van der Waals surface area contributed by atoms with Crippen molar-refractivity contribution in [3.8, 4) is 0 Å². The molecule has 0 radical (unpaired) electrons. The highest BCUT2D eigenvalue weighted by Gasteiger charge is 2.11. The highest BCUT2D eigenvalue weighted by molar-refractivity contribution is 14.1. The van der Waals surface area contributed by atoms with Crippen LogP contribution in [-0.4, -0.2) is 20.3 Å². The van der Waals surface area contributed by atoms with Crippen molar-refractivity contribution in [2.24, 2.45) is 0 Å². The number of hydrogen-bond acceptors (Lipinski definition) is 2. The maximum atomic E-state index is 6.16. The van der Waals surface area contributed by atoms with Gasteiger partial charge in [-0.1, -0.05) is 24.6 Å². The maximum absolute atomic E-state index is 6.16. The van der Waals surface area contributed by atoms with Crippen molar-refractivity contribution in [2.45, 2.75) is 25.8 Å². The molecule has 1 rings (SSSR count). The molecule has 0 heterocycles. The summed E-state index contributed by atoms with van der Waals surface area (Å²) in [4.78, 5) is 0. The Bertz CT molecular complexity index is 346. The van der Waals surface area contributed by atoms with Gasteiger partial charge < -0.3 is 10.1 Å². The molecule has 1 aromatic rings. The van der Waals surface area contributed by atoms with Crippen LogP contribution >= 0.6 is 34.2 Å². The Morgan fingerprint density at radius 1 is 1.47 bits per heavy atom. The molecule has 0 saturated heterocycles. The van der Waals surface area contributed by atoms with E-state index in [1.165, 1.54) is 5.56 Å². The summed E-state index contributed by atoms with van der Waals surface area (Å²) in [6.07, 6.45) is 2.12. The van der Waals surface area contributed by atoms with Gasteiger partial charge in [-0.15, -0.1) is 0 Å². The fraction of sp³-hybridized carbons (Fsp3) is 0.538. The van der Waals surface area contributed by atoms with Crippen molar-refractivity contribution in [1.29, 1.82) is 0 Å². The van der Waals surface area contributed by atoms with Crippen molar-refractivity contribution < 1.29 is 4.74 Å². The van der Waals surface area contributed by atoms with Gasteiger partial charge in [-0.3, -0.25) is 0 Å². The van der Waals surface area contributed by atoms with Crippen LogP contribution in [0, 0.1) is 3.57 Å². The Labute approximate surface area is 122 Å². The van der Waals surface area contributed by atoms with E-state index in [-0.39, 0.29) is 0 Å². The fourth-order valence-electron chi connectivity index (χ4n) is 1.79. The Hall–Kier alpha value is 0.160. The number of methoxy groups -OCH3 is 1. The van der Waals surface area contributed by atoms with E-state index in [4.69, 9.17) is 16.3 Å². The minimum atomic E-state index is 0.365. The standard InChI is InChI=1S/C13H19ClINO/c1-3-16-13(5-4-8-17-2)10-6-7-12(15)11(14)9-10/h6-7,9,13,16H,3-5,8H2,1-2H3. The summed E-state index contributed by atoms with van der Waals surface area (Å²) in [5.74, 6) is 0. The van der Waals surface area contributed by atoms with Crippen LogP contribution in [0.15, 0.2) is 18.2 Å². The zero-order valence-electron chi connectivity index (χ0n) is 10.3. The third-order valence-corrected chi connectivity index (χ3v) is 4.21. The number of hydrogen-bond donors (Lipinski definition) is 1. The largest absolute Gasteiger partial charge is 0.385 e. The topological polar surface area (TPSA) is 21.3 Å². The van der Waals surface area contributed by atoms with E-state index in [9.17, 15) is 0 Å². The molecule has 17 heavy (non-hydrogen) atoms. The van der Waals surface area contributed by atoms with E-state index in [0.29, 0.717) is 6.04 Å². The second-order valence-corrected chi connectivity index (χ2v) is 5.49. The van der Waals surface area contributed by atoms with E-state index in [1.54, 1.807) is 7.11 Å². The first-order valence-electron chi connectivity index (χ1n) is 5.86. The molecule has 0 fully saturated rings. The first kappa shape index (κ1) is 15.2. The van der Waals surface area contributed by atoms with Gasteiger partial charge in [0.05, 0.1) is 5.02 Å². The molecule has 0 aliphatic heterocycles. The molecule has 0 aliphatic rings. The van der Waals surface area contributed by atoms with Gasteiger partial charge >= 0.3 is 0 Å². The lowest BCUT2D eigenvalue weighted by atomic mass is 10.0. The number of nitrogens with one attached hydrogen (secondary N) is 1. The Morgan fingerprint density at radius 2 is 2.24 bits per heavy atom. The van der Waals surface area contributed by atoms with E-state index in [1.807, 2.05) is 0 Å². The quantitative estimate of drug-likeness (QED) is 0.580. The molecular weight excluding hydrogens is 349 g/mol. The van der Waals surface area contributed by atoms with Crippen LogP contribution in [0.2, 0.25) is 5.02 Å². The Morgan fingerprint density at radius 3 is 2.82 bits per heavy atom. The summed E-state index contributed by atoms with van der Waals surface area (Å²) < 4.78 is 6.19. The third-order valence-electron chi connectivity index (χ3n) is 2.64. The van der Waals surface area contributed by atoms with Gasteiger partial charge in [0.15, 0.2) is 0 Å². The molecule has 0 saturated carbocycles. The van der Waals surface area contributed by atoms with Gasteiger partial charge in [0.25, 0.3) is 0 Å². The van der Waals surface area contributed by atoms with Crippen LogP contribution in [0.25, 0.3) is 0 Å². The van der Waals surface area contributed by atoms with Gasteiger partial charge in [-0.05, 0) is 59.7 Å². The minimum absolute atomic E-state index is 0.365. The predicted octanol–water partition coefficient (Wildman–Crippen LogP) is 4.02. The zero-order valence-corrected chi connectivity index (χ0v) is 13.2. The summed E-state index contributed by atoms with van der Waals surface area (Å²) in [5.41, 5.74) is 1.26. The summed E-state index contributed by atoms with van der Waals surface area (Å²) in [5, 5.41) is 4.32. The van der Waals surface area contributed by atoms with Crippen LogP contribution < -0.4 is 5.32 Å². The summed E-state index contributed by atoms with van der Waals surface area (Å²) in [7, 11) is 1.74. The highest BCUT2D eigenvalue weighted by atomic mass is 127. The molecule has 2 nitrogen and oxygen atoms in total. The summed E-state index contributed by atoms with van der Waals surface area (Å²) in [6, 6.07) is 6.64. The van der Waals surface area contributed by atoms with Crippen molar-refractivity contribution >= 4 is 34.2 Å². The molecule has 1 atom stereocenters. The smallest absolute Gasteiger partial charge is 0.0542 e. The fourth-order valence-corrected chi connectivity index (χ4v) is 2.32. The highest BCUT2D eigenvalue weighted by Crippen LogP contribution is 2.25. The molecule has 0 bridgehead atoms. The predicted molar refractivity (Wildman–Crippen MR) is 81.7 cm³/mol. The average molecular weight is 368 g/mol. The molecule has 0 aromatic heterocycles. The van der Waals surface area contributed by atoms with Crippen LogP contribution in [0.4, 0.5) is 0 Å². The van der Waals surface area contributed by atoms with Crippen molar-refractivity contribution in [1.82, 2.24) is 5.32 Å². The lowest BCUT2D eigenvalue weighted by Gasteiger charge is -2.18. The first-order valence-corrected chi connectivity index (χ1v) is 7.32.